The van der Waals surface area contributed by atoms with Crippen LogP contribution >= 0.6 is 0 Å². The van der Waals surface area contributed by atoms with E-state index in [2.05, 4.69) is 31.1 Å². The van der Waals surface area contributed by atoms with Gasteiger partial charge in [0, 0.05) is 12.6 Å². The average molecular weight is 240 g/mol. The molecular weight excluding hydrogens is 212 g/mol. The van der Waals surface area contributed by atoms with Crippen molar-refractivity contribution in [2.45, 2.75) is 65.0 Å². The topological polar surface area (TPSA) is 41.1 Å². The molecule has 1 amide bonds. The molecule has 0 aromatic rings. The fraction of sp³-hybridized carbons (Fsp3) is 0.786. The largest absolute Gasteiger partial charge is 0.351 e. The molecule has 2 atom stereocenters. The second-order valence-corrected chi connectivity index (χ2v) is 4.55. The minimum absolute atomic E-state index is 0.0579. The predicted molar refractivity (Wildman–Crippen MR) is 74.0 cm³/mol. The van der Waals surface area contributed by atoms with Gasteiger partial charge in [-0.05, 0) is 19.8 Å². The van der Waals surface area contributed by atoms with Gasteiger partial charge in [0.25, 0.3) is 0 Å². The molecule has 0 radical (unpaired) electrons. The highest BCUT2D eigenvalue weighted by Crippen LogP contribution is 2.07. The van der Waals surface area contributed by atoms with Crippen molar-refractivity contribution in [2.75, 3.05) is 6.54 Å². The molecule has 0 spiro atoms. The number of unbranched alkanes of at least 4 members (excludes halogenated alkanes) is 1. The molecule has 0 bridgehead atoms. The first-order valence-corrected chi connectivity index (χ1v) is 6.80. The molecule has 2 unspecified atom stereocenters. The van der Waals surface area contributed by atoms with Gasteiger partial charge >= 0.3 is 0 Å². The van der Waals surface area contributed by atoms with E-state index in [9.17, 15) is 4.79 Å². The third-order valence-electron chi connectivity index (χ3n) is 2.84. The van der Waals surface area contributed by atoms with Crippen molar-refractivity contribution < 1.29 is 4.79 Å². The van der Waals surface area contributed by atoms with E-state index >= 15 is 0 Å². The van der Waals surface area contributed by atoms with Crippen LogP contribution < -0.4 is 10.6 Å². The second kappa shape index (κ2) is 10.3. The van der Waals surface area contributed by atoms with Gasteiger partial charge in [0.1, 0.15) is 0 Å². The van der Waals surface area contributed by atoms with E-state index in [-0.39, 0.29) is 11.9 Å². The molecule has 0 aliphatic rings. The number of rotatable bonds is 10. The first kappa shape index (κ1) is 16.2. The van der Waals surface area contributed by atoms with Crippen molar-refractivity contribution in [3.05, 3.63) is 12.7 Å². The summed E-state index contributed by atoms with van der Waals surface area (Å²) in [6, 6.07) is 0.341. The molecule has 0 heterocycles. The predicted octanol–water partition coefficient (Wildman–Crippen LogP) is 2.63. The Kier molecular flexibility index (Phi) is 9.83. The van der Waals surface area contributed by atoms with Crippen LogP contribution in [0.3, 0.4) is 0 Å². The van der Waals surface area contributed by atoms with Crippen molar-refractivity contribution in [1.82, 2.24) is 10.6 Å². The van der Waals surface area contributed by atoms with Crippen LogP contribution in [-0.2, 0) is 4.79 Å². The first-order chi connectivity index (χ1) is 8.15. The van der Waals surface area contributed by atoms with Gasteiger partial charge in [-0.15, -0.1) is 6.58 Å². The number of hydrogen-bond acceptors (Lipinski definition) is 2. The highest BCUT2D eigenvalue weighted by Gasteiger charge is 2.16. The molecule has 0 aromatic heterocycles. The Bertz CT molecular complexity index is 216. The van der Waals surface area contributed by atoms with Crippen LogP contribution in [-0.4, -0.2) is 24.5 Å². The lowest BCUT2D eigenvalue weighted by Crippen LogP contribution is -2.46. The normalized spacial score (nSPS) is 14.1. The quantitative estimate of drug-likeness (QED) is 0.576. The summed E-state index contributed by atoms with van der Waals surface area (Å²) >= 11 is 0. The lowest BCUT2D eigenvalue weighted by Gasteiger charge is -2.22. The van der Waals surface area contributed by atoms with E-state index in [4.69, 9.17) is 0 Å². The van der Waals surface area contributed by atoms with Gasteiger partial charge < -0.3 is 10.6 Å². The van der Waals surface area contributed by atoms with Gasteiger partial charge in [0.05, 0.1) is 6.04 Å². The monoisotopic (exact) mass is 240 g/mol. The summed E-state index contributed by atoms with van der Waals surface area (Å²) in [4.78, 5) is 11.7. The molecule has 3 heteroatoms. The Hall–Kier alpha value is -0.830. The third kappa shape index (κ3) is 7.97. The number of carbonyl (C=O) groups is 1. The van der Waals surface area contributed by atoms with E-state index in [1.807, 2.05) is 6.92 Å². The standard InChI is InChI=1S/C14H28N2O/c1-5-8-10-13(9-6-2)16-12(4)14(17)15-11-7-3/h7,12-13,16H,3,5-6,8-11H2,1-2,4H3,(H,15,17). The zero-order chi connectivity index (χ0) is 13.1. The maximum atomic E-state index is 11.7. The van der Waals surface area contributed by atoms with Crippen LogP contribution in [0.15, 0.2) is 12.7 Å². The smallest absolute Gasteiger partial charge is 0.237 e. The lowest BCUT2D eigenvalue weighted by molar-refractivity contribution is -0.122. The van der Waals surface area contributed by atoms with Crippen molar-refractivity contribution in [3.63, 3.8) is 0 Å². The van der Waals surface area contributed by atoms with Crippen LogP contribution in [0.5, 0.6) is 0 Å². The number of carbonyl (C=O) groups excluding carboxylic acids is 1. The molecule has 2 N–H and O–H groups in total. The summed E-state index contributed by atoms with van der Waals surface area (Å²) in [7, 11) is 0. The van der Waals surface area contributed by atoms with Crippen molar-refractivity contribution in [1.29, 1.82) is 0 Å². The molecule has 0 aromatic carbocycles. The van der Waals surface area contributed by atoms with Gasteiger partial charge in [-0.25, -0.2) is 0 Å². The Morgan fingerprint density at radius 1 is 1.29 bits per heavy atom. The summed E-state index contributed by atoms with van der Waals surface area (Å²) in [5.74, 6) is 0.0579. The summed E-state index contributed by atoms with van der Waals surface area (Å²) in [5, 5.41) is 6.23. The second-order valence-electron chi connectivity index (χ2n) is 4.55. The van der Waals surface area contributed by atoms with Gasteiger partial charge in [-0.1, -0.05) is 39.2 Å². The molecule has 17 heavy (non-hydrogen) atoms. The van der Waals surface area contributed by atoms with Gasteiger partial charge in [0.2, 0.25) is 5.91 Å². The number of hydrogen-bond donors (Lipinski definition) is 2. The van der Waals surface area contributed by atoms with E-state index < -0.39 is 0 Å². The third-order valence-corrected chi connectivity index (χ3v) is 2.84. The molecule has 0 saturated heterocycles. The van der Waals surface area contributed by atoms with Crippen LogP contribution in [0.4, 0.5) is 0 Å². The highest BCUT2D eigenvalue weighted by molar-refractivity contribution is 5.81. The zero-order valence-corrected chi connectivity index (χ0v) is 11.6. The molecule has 0 saturated carbocycles. The van der Waals surface area contributed by atoms with E-state index in [1.165, 1.54) is 12.8 Å². The van der Waals surface area contributed by atoms with Crippen LogP contribution in [0.2, 0.25) is 0 Å². The Morgan fingerprint density at radius 3 is 2.53 bits per heavy atom. The summed E-state index contributed by atoms with van der Waals surface area (Å²) in [6.07, 6.45) is 7.58. The molecule has 100 valence electrons. The maximum absolute atomic E-state index is 11.7. The molecule has 0 rings (SSSR count). The average Bonchev–Trinajstić information content (AvgIpc) is 2.33. The van der Waals surface area contributed by atoms with Gasteiger partial charge in [-0.3, -0.25) is 4.79 Å². The van der Waals surface area contributed by atoms with Gasteiger partial charge in [-0.2, -0.15) is 0 Å². The fourth-order valence-corrected chi connectivity index (χ4v) is 1.87. The van der Waals surface area contributed by atoms with Crippen molar-refractivity contribution >= 4 is 5.91 Å². The summed E-state index contributed by atoms with van der Waals surface area (Å²) < 4.78 is 0. The van der Waals surface area contributed by atoms with Crippen molar-refractivity contribution in [2.24, 2.45) is 0 Å². The minimum atomic E-state index is -0.122. The van der Waals surface area contributed by atoms with E-state index in [0.717, 1.165) is 19.3 Å². The number of amides is 1. The Labute approximate surface area is 106 Å². The summed E-state index contributed by atoms with van der Waals surface area (Å²) in [5.41, 5.74) is 0. The van der Waals surface area contributed by atoms with Crippen LogP contribution in [0.25, 0.3) is 0 Å². The lowest BCUT2D eigenvalue weighted by atomic mass is 10.0. The van der Waals surface area contributed by atoms with E-state index in [0.29, 0.717) is 12.6 Å². The van der Waals surface area contributed by atoms with Crippen LogP contribution in [0.1, 0.15) is 52.9 Å². The first-order valence-electron chi connectivity index (χ1n) is 6.80. The Morgan fingerprint density at radius 2 is 2.00 bits per heavy atom. The molecule has 0 aliphatic heterocycles. The molecule has 0 fully saturated rings. The number of nitrogens with one attached hydrogen (secondary N) is 2. The summed E-state index contributed by atoms with van der Waals surface area (Å²) in [6.45, 7) is 10.4. The fourth-order valence-electron chi connectivity index (χ4n) is 1.87. The zero-order valence-electron chi connectivity index (χ0n) is 11.6. The highest BCUT2D eigenvalue weighted by atomic mass is 16.2. The molecular formula is C14H28N2O. The van der Waals surface area contributed by atoms with Gasteiger partial charge in [0.15, 0.2) is 0 Å². The van der Waals surface area contributed by atoms with Crippen LogP contribution in [0, 0.1) is 0 Å². The SMILES string of the molecule is C=CCNC(=O)C(C)NC(CCC)CCCC. The molecule has 3 nitrogen and oxygen atoms in total. The Balaban J connectivity index is 4.03. The van der Waals surface area contributed by atoms with Crippen molar-refractivity contribution in [3.8, 4) is 0 Å². The minimum Gasteiger partial charge on any atom is -0.351 e. The molecule has 0 aliphatic carbocycles. The maximum Gasteiger partial charge on any atom is 0.237 e. The van der Waals surface area contributed by atoms with E-state index in [1.54, 1.807) is 6.08 Å².